The van der Waals surface area contributed by atoms with Crippen molar-refractivity contribution < 1.29 is 18.0 Å². The van der Waals surface area contributed by atoms with Crippen LogP contribution in [0, 0.1) is 0 Å². The highest BCUT2D eigenvalue weighted by Crippen LogP contribution is 2.32. The van der Waals surface area contributed by atoms with Gasteiger partial charge in [-0.25, -0.2) is 0 Å². The molecule has 1 saturated heterocycles. The zero-order valence-corrected chi connectivity index (χ0v) is 9.52. The van der Waals surface area contributed by atoms with E-state index in [1.54, 1.807) is 0 Å². The molecule has 0 radical (unpaired) electrons. The fraction of sp³-hybridized carbons (Fsp3) is 0.600. The second-order valence-corrected chi connectivity index (χ2v) is 4.22. The number of carbonyl (C=O) groups excluding carboxylic acids is 1. The lowest BCUT2D eigenvalue weighted by Crippen LogP contribution is -2.45. The van der Waals surface area contributed by atoms with E-state index in [0.717, 1.165) is 4.90 Å². The van der Waals surface area contributed by atoms with Gasteiger partial charge in [0.1, 0.15) is 18.4 Å². The first kappa shape index (κ1) is 12.7. The summed E-state index contributed by atoms with van der Waals surface area (Å²) < 4.78 is 39.3. The number of nitrogens with zero attached hydrogens (tertiary/aromatic N) is 3. The number of rotatable bonds is 2. The Bertz CT molecular complexity index is 443. The molecule has 1 aromatic rings. The molecular weight excluding hydrogens is 249 g/mol. The fourth-order valence-corrected chi connectivity index (χ4v) is 2.10. The van der Waals surface area contributed by atoms with Crippen molar-refractivity contribution in [2.24, 2.45) is 0 Å². The molecule has 1 unspecified atom stereocenters. The molecule has 0 bridgehead atoms. The van der Waals surface area contributed by atoms with Gasteiger partial charge in [-0.15, -0.1) is 0 Å². The Morgan fingerprint density at radius 3 is 2.83 bits per heavy atom. The van der Waals surface area contributed by atoms with Crippen LogP contribution in [0.3, 0.4) is 0 Å². The Hall–Kier alpha value is -1.73. The summed E-state index contributed by atoms with van der Waals surface area (Å²) in [6, 6.07) is -0.184. The monoisotopic (exact) mass is 262 g/mol. The molecule has 2 heterocycles. The van der Waals surface area contributed by atoms with Gasteiger partial charge in [-0.3, -0.25) is 9.48 Å². The average Bonchev–Trinajstić information content (AvgIpc) is 2.85. The first-order chi connectivity index (χ1) is 8.38. The summed E-state index contributed by atoms with van der Waals surface area (Å²) >= 11 is 0. The van der Waals surface area contributed by atoms with E-state index in [-0.39, 0.29) is 25.3 Å². The smallest absolute Gasteiger partial charge is 0.382 e. The number of anilines is 1. The molecule has 100 valence electrons. The van der Waals surface area contributed by atoms with Gasteiger partial charge in [-0.2, -0.15) is 18.3 Å². The second-order valence-electron chi connectivity index (χ2n) is 4.22. The van der Waals surface area contributed by atoms with Gasteiger partial charge < -0.3 is 10.6 Å². The van der Waals surface area contributed by atoms with Gasteiger partial charge in [-0.1, -0.05) is 0 Å². The van der Waals surface area contributed by atoms with Crippen molar-refractivity contribution in [1.82, 2.24) is 14.7 Å². The molecule has 5 nitrogen and oxygen atoms in total. The topological polar surface area (TPSA) is 64.2 Å². The quantitative estimate of drug-likeness (QED) is 0.865. The maximum Gasteiger partial charge on any atom is 0.408 e. The van der Waals surface area contributed by atoms with Crippen LogP contribution in [0.5, 0.6) is 0 Å². The minimum absolute atomic E-state index is 0.0313. The first-order valence-corrected chi connectivity index (χ1v) is 5.53. The van der Waals surface area contributed by atoms with Gasteiger partial charge in [0.2, 0.25) is 5.91 Å². The fourth-order valence-electron chi connectivity index (χ4n) is 2.10. The molecule has 1 atom stereocenters. The van der Waals surface area contributed by atoms with Crippen molar-refractivity contribution in [1.29, 1.82) is 0 Å². The number of likely N-dealkylation sites (tertiary alicyclic amines) is 1. The van der Waals surface area contributed by atoms with Crippen LogP contribution in [0.2, 0.25) is 0 Å². The third kappa shape index (κ3) is 2.57. The molecule has 0 aromatic carbocycles. The molecule has 18 heavy (non-hydrogen) atoms. The van der Waals surface area contributed by atoms with Crippen molar-refractivity contribution >= 4 is 11.7 Å². The normalized spacial score (nSPS) is 20.4. The Labute approximate surface area is 101 Å². The van der Waals surface area contributed by atoms with Gasteiger partial charge in [-0.05, 0) is 18.9 Å². The highest BCUT2D eigenvalue weighted by atomic mass is 19.4. The average molecular weight is 262 g/mol. The summed E-state index contributed by atoms with van der Waals surface area (Å²) in [5.41, 5.74) is 5.37. The number of carbonyl (C=O) groups is 1. The van der Waals surface area contributed by atoms with Crippen molar-refractivity contribution in [3.63, 3.8) is 0 Å². The van der Waals surface area contributed by atoms with Crippen LogP contribution in [0.1, 0.15) is 12.8 Å². The van der Waals surface area contributed by atoms with E-state index in [0.29, 0.717) is 6.42 Å². The predicted octanol–water partition coefficient (Wildman–Crippen LogP) is 1.02. The minimum Gasteiger partial charge on any atom is -0.382 e. The first-order valence-electron chi connectivity index (χ1n) is 5.53. The summed E-state index contributed by atoms with van der Waals surface area (Å²) in [7, 11) is 0. The number of nitrogen functional groups attached to an aromatic ring is 1. The summed E-state index contributed by atoms with van der Waals surface area (Å²) in [4.78, 5) is 12.7. The number of hydrogen-bond acceptors (Lipinski definition) is 3. The molecule has 1 aliphatic heterocycles. The molecule has 1 aliphatic rings. The van der Waals surface area contributed by atoms with E-state index in [1.807, 2.05) is 0 Å². The van der Waals surface area contributed by atoms with Gasteiger partial charge in [0.05, 0.1) is 0 Å². The van der Waals surface area contributed by atoms with E-state index < -0.39 is 18.1 Å². The van der Waals surface area contributed by atoms with Crippen LogP contribution in [-0.2, 0) is 11.3 Å². The van der Waals surface area contributed by atoms with E-state index >= 15 is 0 Å². The maximum absolute atomic E-state index is 12.7. The summed E-state index contributed by atoms with van der Waals surface area (Å²) in [6.07, 6.45) is -2.56. The zero-order valence-electron chi connectivity index (χ0n) is 9.52. The molecule has 2 rings (SSSR count). The molecule has 1 fully saturated rings. The van der Waals surface area contributed by atoms with Gasteiger partial charge >= 0.3 is 6.18 Å². The minimum atomic E-state index is -4.37. The SMILES string of the molecule is Nc1ccn(CC(=O)N2CCCC2C(F)(F)F)n1. The van der Waals surface area contributed by atoms with Crippen molar-refractivity contribution in [2.75, 3.05) is 12.3 Å². The van der Waals surface area contributed by atoms with Crippen molar-refractivity contribution in [2.45, 2.75) is 31.6 Å². The van der Waals surface area contributed by atoms with Crippen LogP contribution in [0.4, 0.5) is 19.0 Å². The highest BCUT2D eigenvalue weighted by Gasteiger charge is 2.47. The number of halogens is 3. The lowest BCUT2D eigenvalue weighted by Gasteiger charge is -2.26. The van der Waals surface area contributed by atoms with Crippen LogP contribution in [0.25, 0.3) is 0 Å². The zero-order chi connectivity index (χ0) is 13.3. The molecule has 1 amide bonds. The molecule has 0 aliphatic carbocycles. The van der Waals surface area contributed by atoms with Crippen LogP contribution in [-0.4, -0.2) is 39.4 Å². The third-order valence-corrected chi connectivity index (χ3v) is 2.91. The Morgan fingerprint density at radius 2 is 2.28 bits per heavy atom. The van der Waals surface area contributed by atoms with E-state index in [4.69, 9.17) is 5.73 Å². The van der Waals surface area contributed by atoms with Crippen LogP contribution < -0.4 is 5.73 Å². The lowest BCUT2D eigenvalue weighted by molar-refractivity contribution is -0.183. The molecule has 2 N–H and O–H groups in total. The number of amides is 1. The molecule has 0 spiro atoms. The Morgan fingerprint density at radius 1 is 1.56 bits per heavy atom. The van der Waals surface area contributed by atoms with E-state index in [2.05, 4.69) is 5.10 Å². The maximum atomic E-state index is 12.7. The number of alkyl halides is 3. The summed E-state index contributed by atoms with van der Waals surface area (Å²) in [6.45, 7) is -0.0798. The Kier molecular flexibility index (Phi) is 3.18. The summed E-state index contributed by atoms with van der Waals surface area (Å²) in [5, 5.41) is 3.77. The van der Waals surface area contributed by atoms with Gasteiger partial charge in [0.25, 0.3) is 0 Å². The van der Waals surface area contributed by atoms with Gasteiger partial charge in [0, 0.05) is 12.7 Å². The summed E-state index contributed by atoms with van der Waals surface area (Å²) in [5.74, 6) is -0.352. The van der Waals surface area contributed by atoms with E-state index in [1.165, 1.54) is 16.9 Å². The number of nitrogens with two attached hydrogens (primary N) is 1. The van der Waals surface area contributed by atoms with Crippen molar-refractivity contribution in [3.05, 3.63) is 12.3 Å². The highest BCUT2D eigenvalue weighted by molar-refractivity contribution is 5.76. The third-order valence-electron chi connectivity index (χ3n) is 2.91. The standard InChI is InChI=1S/C10H13F3N4O/c11-10(12,13)7-2-1-4-17(7)9(18)6-16-5-3-8(14)15-16/h3,5,7H,1-2,4,6H2,(H2,14,15). The van der Waals surface area contributed by atoms with Crippen LogP contribution in [0.15, 0.2) is 12.3 Å². The number of hydrogen-bond donors (Lipinski definition) is 1. The van der Waals surface area contributed by atoms with Gasteiger partial charge in [0.15, 0.2) is 0 Å². The largest absolute Gasteiger partial charge is 0.408 e. The molecule has 1 aromatic heterocycles. The second kappa shape index (κ2) is 4.51. The van der Waals surface area contributed by atoms with Crippen LogP contribution >= 0.6 is 0 Å². The predicted molar refractivity (Wildman–Crippen MR) is 57.4 cm³/mol. The van der Waals surface area contributed by atoms with E-state index in [9.17, 15) is 18.0 Å². The molecule has 0 saturated carbocycles. The molecule has 8 heteroatoms. The number of aromatic nitrogens is 2. The Balaban J connectivity index is 2.04. The lowest BCUT2D eigenvalue weighted by atomic mass is 10.2. The van der Waals surface area contributed by atoms with Crippen molar-refractivity contribution in [3.8, 4) is 0 Å². The molecular formula is C10H13F3N4O.